The molecule has 2 aliphatic heterocycles. The quantitative estimate of drug-likeness (QED) is 0.432. The highest BCUT2D eigenvalue weighted by atomic mass is 31.3. The molecule has 0 aliphatic carbocycles. The van der Waals surface area contributed by atoms with E-state index in [2.05, 4.69) is 17.9 Å². The first kappa shape index (κ1) is 24.6. The van der Waals surface area contributed by atoms with E-state index < -0.39 is 60.3 Å². The van der Waals surface area contributed by atoms with Crippen LogP contribution in [0.15, 0.2) is 17.1 Å². The minimum Gasteiger partial charge on any atom is -0.387 e. The van der Waals surface area contributed by atoms with Crippen molar-refractivity contribution in [2.45, 2.75) is 24.5 Å². The van der Waals surface area contributed by atoms with E-state index in [1.165, 1.54) is 19.4 Å². The summed E-state index contributed by atoms with van der Waals surface area (Å²) in [6.07, 6.45) is -3.65. The third-order valence-electron chi connectivity index (χ3n) is 4.14. The van der Waals surface area contributed by atoms with Gasteiger partial charge in [0.05, 0.1) is 6.61 Å². The minimum atomic E-state index is -5.22. The molecule has 1 aromatic heterocycles. The van der Waals surface area contributed by atoms with Crippen LogP contribution in [0.2, 0.25) is 0 Å². The second kappa shape index (κ2) is 8.75. The van der Waals surface area contributed by atoms with Crippen LogP contribution in [0.1, 0.15) is 6.23 Å². The van der Waals surface area contributed by atoms with Crippen molar-refractivity contribution < 1.29 is 55.5 Å². The zero-order valence-electron chi connectivity index (χ0n) is 16.3. The Labute approximate surface area is 175 Å². The molecular weight excluding hydrogens is 487 g/mol. The van der Waals surface area contributed by atoms with E-state index in [1.807, 2.05) is 0 Å². The molecular formula is C12H20N3O13P3. The van der Waals surface area contributed by atoms with Crippen molar-refractivity contribution in [1.82, 2.24) is 9.55 Å². The Morgan fingerprint density at radius 1 is 1.19 bits per heavy atom. The maximum atomic E-state index is 12.4. The Kier molecular flexibility index (Phi) is 6.95. The SMILES string of the molecule is COC1C(O)C(COP2(=O)OP(=O)(O)OP(=O)(O)O2)OC1n1ccc(N(C)C)nc1=O. The summed E-state index contributed by atoms with van der Waals surface area (Å²) in [6, 6.07) is 1.52. The first-order valence-corrected chi connectivity index (χ1v) is 12.9. The van der Waals surface area contributed by atoms with Crippen LogP contribution in [-0.4, -0.2) is 70.6 Å². The Bertz CT molecular complexity index is 1000. The fourth-order valence-electron chi connectivity index (χ4n) is 2.82. The molecule has 0 saturated carbocycles. The van der Waals surface area contributed by atoms with Crippen molar-refractivity contribution in [3.63, 3.8) is 0 Å². The van der Waals surface area contributed by atoms with Crippen LogP contribution in [0.5, 0.6) is 0 Å². The Morgan fingerprint density at radius 2 is 1.81 bits per heavy atom. The van der Waals surface area contributed by atoms with Crippen molar-refractivity contribution in [1.29, 1.82) is 0 Å². The molecule has 16 nitrogen and oxygen atoms in total. The summed E-state index contributed by atoms with van der Waals surface area (Å²) in [5, 5.41) is 10.5. The summed E-state index contributed by atoms with van der Waals surface area (Å²) >= 11 is 0. The van der Waals surface area contributed by atoms with Gasteiger partial charge in [-0.1, -0.05) is 0 Å². The number of phosphoric acid groups is 3. The van der Waals surface area contributed by atoms with E-state index in [1.54, 1.807) is 19.0 Å². The lowest BCUT2D eigenvalue weighted by molar-refractivity contribution is -0.0621. The summed E-state index contributed by atoms with van der Waals surface area (Å²) in [4.78, 5) is 36.3. The topological polar surface area (TPSA) is 205 Å². The van der Waals surface area contributed by atoms with Crippen LogP contribution in [0, 0.1) is 0 Å². The molecule has 0 amide bonds. The van der Waals surface area contributed by atoms with Gasteiger partial charge >= 0.3 is 29.2 Å². The fourth-order valence-corrected chi connectivity index (χ4v) is 7.76. The average molecular weight is 507 g/mol. The summed E-state index contributed by atoms with van der Waals surface area (Å²) in [7, 11) is -10.9. The van der Waals surface area contributed by atoms with Crippen molar-refractivity contribution >= 4 is 29.3 Å². The summed E-state index contributed by atoms with van der Waals surface area (Å²) < 4.78 is 63.9. The van der Waals surface area contributed by atoms with Crippen molar-refractivity contribution in [2.24, 2.45) is 0 Å². The zero-order chi connectivity index (χ0) is 23.2. The maximum Gasteiger partial charge on any atom is 0.492 e. The zero-order valence-corrected chi connectivity index (χ0v) is 19.0. The predicted octanol–water partition coefficient (Wildman–Crippen LogP) is -0.0285. The Balaban J connectivity index is 1.77. The highest BCUT2D eigenvalue weighted by Crippen LogP contribution is 2.80. The molecule has 2 saturated heterocycles. The Hall–Kier alpha value is -0.990. The molecule has 2 aliphatic rings. The number of methoxy groups -OCH3 is 1. The molecule has 1 aromatic rings. The number of aliphatic hydroxyl groups excluding tert-OH is 1. The number of nitrogens with zero attached hydrogens (tertiary/aromatic N) is 3. The second-order valence-corrected chi connectivity index (χ2v) is 11.5. The van der Waals surface area contributed by atoms with Gasteiger partial charge in [0.25, 0.3) is 0 Å². The summed E-state index contributed by atoms with van der Waals surface area (Å²) in [5.74, 6) is 0.377. The number of ether oxygens (including phenoxy) is 2. The molecule has 2 fully saturated rings. The van der Waals surface area contributed by atoms with Gasteiger partial charge in [-0.2, -0.15) is 17.9 Å². The number of hydrogen-bond donors (Lipinski definition) is 3. The van der Waals surface area contributed by atoms with Crippen molar-refractivity contribution in [2.75, 3.05) is 32.7 Å². The normalized spacial score (nSPS) is 40.7. The van der Waals surface area contributed by atoms with Crippen molar-refractivity contribution in [3.8, 4) is 0 Å². The Morgan fingerprint density at radius 3 is 2.32 bits per heavy atom. The van der Waals surface area contributed by atoms with E-state index in [4.69, 9.17) is 14.0 Å². The maximum absolute atomic E-state index is 12.4. The first-order chi connectivity index (χ1) is 14.3. The molecule has 0 radical (unpaired) electrons. The molecule has 19 heteroatoms. The monoisotopic (exact) mass is 507 g/mol. The van der Waals surface area contributed by atoms with E-state index >= 15 is 0 Å². The van der Waals surface area contributed by atoms with Crippen LogP contribution >= 0.6 is 23.5 Å². The van der Waals surface area contributed by atoms with Gasteiger partial charge in [0.2, 0.25) is 0 Å². The predicted molar refractivity (Wildman–Crippen MR) is 100 cm³/mol. The minimum absolute atomic E-state index is 0.377. The summed E-state index contributed by atoms with van der Waals surface area (Å²) in [6.45, 7) is -0.799. The van der Waals surface area contributed by atoms with Gasteiger partial charge in [0.15, 0.2) is 6.23 Å². The van der Waals surface area contributed by atoms with Crippen LogP contribution in [0.25, 0.3) is 0 Å². The van der Waals surface area contributed by atoms with Crippen LogP contribution < -0.4 is 10.6 Å². The van der Waals surface area contributed by atoms with Crippen LogP contribution in [0.4, 0.5) is 5.82 Å². The molecule has 6 unspecified atom stereocenters. The number of aliphatic hydroxyl groups is 1. The molecule has 3 N–H and O–H groups in total. The largest absolute Gasteiger partial charge is 0.492 e. The molecule has 31 heavy (non-hydrogen) atoms. The van der Waals surface area contributed by atoms with Crippen LogP contribution in [-0.2, 0) is 40.6 Å². The summed E-state index contributed by atoms with van der Waals surface area (Å²) in [5.41, 5.74) is -0.710. The lowest BCUT2D eigenvalue weighted by Gasteiger charge is -2.27. The lowest BCUT2D eigenvalue weighted by atomic mass is 10.1. The van der Waals surface area contributed by atoms with Gasteiger partial charge in [-0.25, -0.2) is 18.5 Å². The molecule has 3 rings (SSSR count). The molecule has 0 aromatic carbocycles. The molecule has 176 valence electrons. The molecule has 3 heterocycles. The van der Waals surface area contributed by atoms with Gasteiger partial charge in [0.1, 0.15) is 24.1 Å². The third kappa shape index (κ3) is 5.50. The molecule has 0 spiro atoms. The highest BCUT2D eigenvalue weighted by molar-refractivity contribution is 7.74. The lowest BCUT2D eigenvalue weighted by Crippen LogP contribution is -2.37. The van der Waals surface area contributed by atoms with E-state index in [0.29, 0.717) is 5.82 Å². The van der Waals surface area contributed by atoms with Gasteiger partial charge in [-0.05, 0) is 6.07 Å². The van der Waals surface area contributed by atoms with E-state index in [0.717, 1.165) is 4.57 Å². The average Bonchev–Trinajstić information content (AvgIpc) is 2.92. The highest BCUT2D eigenvalue weighted by Gasteiger charge is 2.55. The first-order valence-electron chi connectivity index (χ1n) is 8.43. The van der Waals surface area contributed by atoms with Gasteiger partial charge < -0.3 is 29.3 Å². The third-order valence-corrected chi connectivity index (χ3v) is 9.51. The number of aromatic nitrogens is 2. The fraction of sp³-hybridized carbons (Fsp3) is 0.667. The van der Waals surface area contributed by atoms with Crippen LogP contribution in [0.3, 0.4) is 0 Å². The number of hydrogen-bond acceptors (Lipinski definition) is 13. The van der Waals surface area contributed by atoms with E-state index in [9.17, 15) is 33.4 Å². The van der Waals surface area contributed by atoms with E-state index in [-0.39, 0.29) is 0 Å². The van der Waals surface area contributed by atoms with Crippen molar-refractivity contribution in [3.05, 3.63) is 22.7 Å². The van der Waals surface area contributed by atoms with Gasteiger partial charge in [0, 0.05) is 27.4 Å². The second-order valence-electron chi connectivity index (χ2n) is 6.55. The molecule has 0 bridgehead atoms. The van der Waals surface area contributed by atoms with Gasteiger partial charge in [-0.3, -0.25) is 9.09 Å². The van der Waals surface area contributed by atoms with Gasteiger partial charge in [-0.15, -0.1) is 0 Å². The molecule has 6 atom stereocenters. The standard InChI is InChI=1S/C12H20N3O13P3/c1-14(2)8-4-5-15(12(17)13-8)11-10(23-3)9(16)7(25-11)6-24-31(22)27-29(18,19)26-30(20,21)28-31/h4-5,7,9-11,16H,6H2,1-3H3,(H,18,19)(H,20,21). The smallest absolute Gasteiger partial charge is 0.387 e. The number of anilines is 1. The number of rotatable bonds is 6.